The summed E-state index contributed by atoms with van der Waals surface area (Å²) >= 11 is 3.71. The van der Waals surface area contributed by atoms with E-state index in [1.54, 1.807) is 19.1 Å². The molecule has 2 unspecified atom stereocenters. The molecule has 5 heteroatoms. The summed E-state index contributed by atoms with van der Waals surface area (Å²) in [6.45, 7) is 5.93. The van der Waals surface area contributed by atoms with Gasteiger partial charge in [-0.2, -0.15) is 0 Å². The molecule has 1 aliphatic rings. The molecule has 0 saturated carbocycles. The number of benzene rings is 1. The zero-order chi connectivity index (χ0) is 14.0. The Morgan fingerprint density at radius 2 is 1.95 bits per heavy atom. The number of piperidine rings is 1. The van der Waals surface area contributed by atoms with E-state index in [0.29, 0.717) is 15.6 Å². The Bertz CT molecular complexity index is 527. The lowest BCUT2D eigenvalue weighted by Crippen LogP contribution is -2.40. The first-order valence-electron chi connectivity index (χ1n) is 6.66. The quantitative estimate of drug-likeness (QED) is 0.790. The molecule has 0 aromatic heterocycles. The molecule has 0 N–H and O–H groups in total. The highest BCUT2D eigenvalue weighted by Gasteiger charge is 2.24. The third-order valence-corrected chi connectivity index (χ3v) is 6.75. The third kappa shape index (κ3) is 3.31. The Kier molecular flexibility index (Phi) is 4.56. The summed E-state index contributed by atoms with van der Waals surface area (Å²) in [6.07, 6.45) is 1.16. The van der Waals surface area contributed by atoms with E-state index in [2.05, 4.69) is 27.8 Å². The summed E-state index contributed by atoms with van der Waals surface area (Å²) in [5, 5.41) is 0. The molecular formula is C14H20BrNO2S. The summed E-state index contributed by atoms with van der Waals surface area (Å²) in [5.41, 5.74) is 1.10. The van der Waals surface area contributed by atoms with Crippen LogP contribution in [0.25, 0.3) is 0 Å². The second-order valence-electron chi connectivity index (χ2n) is 5.13. The van der Waals surface area contributed by atoms with Crippen LogP contribution in [0, 0.1) is 5.92 Å². The first kappa shape index (κ1) is 14.9. The van der Waals surface area contributed by atoms with Crippen molar-refractivity contribution in [1.82, 2.24) is 0 Å². The number of rotatable bonds is 3. The van der Waals surface area contributed by atoms with Crippen molar-refractivity contribution in [3.05, 3.63) is 24.3 Å². The van der Waals surface area contributed by atoms with Crippen molar-refractivity contribution < 1.29 is 8.42 Å². The molecule has 2 atom stereocenters. The van der Waals surface area contributed by atoms with Crippen molar-refractivity contribution in [2.24, 2.45) is 5.92 Å². The summed E-state index contributed by atoms with van der Waals surface area (Å²) in [4.78, 5) is 3.22. The average molecular weight is 346 g/mol. The number of anilines is 1. The van der Waals surface area contributed by atoms with Gasteiger partial charge in [-0.05, 0) is 36.6 Å². The summed E-state index contributed by atoms with van der Waals surface area (Å²) in [6, 6.07) is 7.27. The molecule has 1 aliphatic heterocycles. The number of halogens is 1. The monoisotopic (exact) mass is 345 g/mol. The Morgan fingerprint density at radius 1 is 1.32 bits per heavy atom. The predicted molar refractivity (Wildman–Crippen MR) is 82.9 cm³/mol. The average Bonchev–Trinajstić information content (AvgIpc) is 2.42. The molecule has 0 spiro atoms. The van der Waals surface area contributed by atoms with Crippen molar-refractivity contribution in [2.75, 3.05) is 23.7 Å². The van der Waals surface area contributed by atoms with Gasteiger partial charge in [0.25, 0.3) is 0 Å². The van der Waals surface area contributed by atoms with Gasteiger partial charge in [-0.1, -0.05) is 29.8 Å². The van der Waals surface area contributed by atoms with Gasteiger partial charge < -0.3 is 4.90 Å². The number of hydrogen-bond donors (Lipinski definition) is 0. The van der Waals surface area contributed by atoms with Crippen LogP contribution >= 0.6 is 15.9 Å². The van der Waals surface area contributed by atoms with Crippen LogP contribution in [0.4, 0.5) is 5.69 Å². The van der Waals surface area contributed by atoms with Crippen molar-refractivity contribution in [3.8, 4) is 0 Å². The molecule has 1 heterocycles. The smallest absolute Gasteiger partial charge is 0.178 e. The molecule has 106 valence electrons. The number of alkyl halides is 1. The molecule has 1 fully saturated rings. The lowest BCUT2D eigenvalue weighted by Gasteiger charge is -2.35. The fourth-order valence-electron chi connectivity index (χ4n) is 2.29. The van der Waals surface area contributed by atoms with Crippen molar-refractivity contribution in [3.63, 3.8) is 0 Å². The molecule has 1 saturated heterocycles. The van der Waals surface area contributed by atoms with Crippen LogP contribution in [0.3, 0.4) is 0 Å². The molecule has 1 aromatic carbocycles. The minimum atomic E-state index is -3.09. The van der Waals surface area contributed by atoms with Gasteiger partial charge in [-0.15, -0.1) is 0 Å². The molecule has 19 heavy (non-hydrogen) atoms. The van der Waals surface area contributed by atoms with E-state index >= 15 is 0 Å². The van der Waals surface area contributed by atoms with Crippen LogP contribution in [0.1, 0.15) is 20.3 Å². The Labute approximate surface area is 124 Å². The maximum absolute atomic E-state index is 11.8. The summed E-state index contributed by atoms with van der Waals surface area (Å²) < 4.78 is 23.5. The van der Waals surface area contributed by atoms with Crippen LogP contribution < -0.4 is 4.90 Å². The zero-order valence-electron chi connectivity index (χ0n) is 11.3. The van der Waals surface area contributed by atoms with Crippen molar-refractivity contribution in [1.29, 1.82) is 0 Å². The molecule has 0 bridgehead atoms. The molecule has 0 aliphatic carbocycles. The lowest BCUT2D eigenvalue weighted by atomic mass is 9.98. The summed E-state index contributed by atoms with van der Waals surface area (Å²) in [7, 11) is -3.09. The Balaban J connectivity index is 2.15. The highest BCUT2D eigenvalue weighted by molar-refractivity contribution is 9.09. The molecule has 1 aromatic rings. The van der Waals surface area contributed by atoms with E-state index in [-0.39, 0.29) is 5.75 Å². The van der Waals surface area contributed by atoms with E-state index in [4.69, 9.17) is 0 Å². The highest BCUT2D eigenvalue weighted by Crippen LogP contribution is 2.28. The van der Waals surface area contributed by atoms with Crippen LogP contribution in [0.2, 0.25) is 0 Å². The van der Waals surface area contributed by atoms with E-state index in [1.165, 1.54) is 0 Å². The van der Waals surface area contributed by atoms with Crippen molar-refractivity contribution in [2.45, 2.75) is 30.0 Å². The minimum Gasteiger partial charge on any atom is -0.370 e. The van der Waals surface area contributed by atoms with E-state index in [9.17, 15) is 8.42 Å². The lowest BCUT2D eigenvalue weighted by molar-refractivity contribution is 0.456. The van der Waals surface area contributed by atoms with Gasteiger partial charge in [0.2, 0.25) is 0 Å². The molecule has 0 radical (unpaired) electrons. The van der Waals surface area contributed by atoms with E-state index < -0.39 is 9.84 Å². The number of sulfone groups is 1. The third-order valence-electron chi connectivity index (χ3n) is 3.81. The summed E-state index contributed by atoms with van der Waals surface area (Å²) in [5.74, 6) is 0.841. The Morgan fingerprint density at radius 3 is 2.47 bits per heavy atom. The fourth-order valence-corrected chi connectivity index (χ4v) is 3.79. The maximum atomic E-state index is 11.8. The fraction of sp³-hybridized carbons (Fsp3) is 0.571. The predicted octanol–water partition coefficient (Wildman–Crippen LogP) is 3.09. The minimum absolute atomic E-state index is 0.150. The number of hydrogen-bond acceptors (Lipinski definition) is 3. The standard InChI is InChI=1S/C14H20BrNO2S/c1-3-19(17,18)13-6-4-12(5-7-13)16-9-8-11(2)14(15)10-16/h4-7,11,14H,3,8-10H2,1-2H3. The van der Waals surface area contributed by atoms with Crippen LogP contribution in [-0.2, 0) is 9.84 Å². The first-order chi connectivity index (χ1) is 8.94. The second kappa shape index (κ2) is 5.83. The molecular weight excluding hydrogens is 326 g/mol. The normalized spacial score (nSPS) is 24.5. The van der Waals surface area contributed by atoms with Gasteiger partial charge in [0.15, 0.2) is 9.84 Å². The van der Waals surface area contributed by atoms with Crippen LogP contribution in [0.15, 0.2) is 29.2 Å². The van der Waals surface area contributed by atoms with Gasteiger partial charge in [0, 0.05) is 23.6 Å². The van der Waals surface area contributed by atoms with Crippen molar-refractivity contribution >= 4 is 31.5 Å². The number of nitrogens with zero attached hydrogens (tertiary/aromatic N) is 1. The van der Waals surface area contributed by atoms with Crippen LogP contribution in [-0.4, -0.2) is 32.1 Å². The van der Waals surface area contributed by atoms with Gasteiger partial charge in [-0.25, -0.2) is 8.42 Å². The Hall–Kier alpha value is -0.550. The van der Waals surface area contributed by atoms with Gasteiger partial charge >= 0.3 is 0 Å². The zero-order valence-corrected chi connectivity index (χ0v) is 13.7. The SMILES string of the molecule is CCS(=O)(=O)c1ccc(N2CCC(C)C(Br)C2)cc1. The maximum Gasteiger partial charge on any atom is 0.178 e. The second-order valence-corrected chi connectivity index (χ2v) is 8.58. The molecule has 3 nitrogen and oxygen atoms in total. The van der Waals surface area contributed by atoms with E-state index in [1.807, 2.05) is 12.1 Å². The topological polar surface area (TPSA) is 37.4 Å². The van der Waals surface area contributed by atoms with Gasteiger partial charge in [-0.3, -0.25) is 0 Å². The van der Waals surface area contributed by atoms with E-state index in [0.717, 1.165) is 25.2 Å². The largest absolute Gasteiger partial charge is 0.370 e. The van der Waals surface area contributed by atoms with Gasteiger partial charge in [0.1, 0.15) is 0 Å². The highest BCUT2D eigenvalue weighted by atomic mass is 79.9. The molecule has 0 amide bonds. The molecule has 2 rings (SSSR count). The first-order valence-corrected chi connectivity index (χ1v) is 9.22. The van der Waals surface area contributed by atoms with Crippen LogP contribution in [0.5, 0.6) is 0 Å². The van der Waals surface area contributed by atoms with Gasteiger partial charge in [0.05, 0.1) is 10.6 Å².